The lowest BCUT2D eigenvalue weighted by Gasteiger charge is -2.33. The number of carbonyl (C=O) groups is 1. The summed E-state index contributed by atoms with van der Waals surface area (Å²) in [4.78, 5) is 16.9. The Morgan fingerprint density at radius 1 is 1.30 bits per heavy atom. The minimum atomic E-state index is -3.64. The highest BCUT2D eigenvalue weighted by molar-refractivity contribution is 7.89. The Bertz CT molecular complexity index is 1350. The molecule has 13 heteroatoms. The molecule has 3 aromatic rings. The molecule has 1 aliphatic heterocycles. The smallest absolute Gasteiger partial charge is 0.309 e. The summed E-state index contributed by atoms with van der Waals surface area (Å²) < 4.78 is 36.4. The summed E-state index contributed by atoms with van der Waals surface area (Å²) in [7, 11) is -0.940. The molecule has 1 atom stereocenters. The number of guanidine groups is 1. The zero-order chi connectivity index (χ0) is 24.0. The lowest BCUT2D eigenvalue weighted by Crippen LogP contribution is -2.50. The van der Waals surface area contributed by atoms with E-state index >= 15 is 0 Å². The number of nitrogens with zero attached hydrogens (tertiary/aromatic N) is 4. The van der Waals surface area contributed by atoms with Crippen molar-refractivity contribution in [1.82, 2.24) is 14.5 Å². The number of carbonyl (C=O) groups excluding carboxylic acids is 1. The first-order valence-corrected chi connectivity index (χ1v) is 12.4. The largest absolute Gasteiger partial charge is 0.469 e. The molecule has 0 unspecified atom stereocenters. The van der Waals surface area contributed by atoms with Crippen molar-refractivity contribution in [1.29, 1.82) is 0 Å². The van der Waals surface area contributed by atoms with Crippen molar-refractivity contribution in [2.45, 2.75) is 18.9 Å². The highest BCUT2D eigenvalue weighted by atomic mass is 35.5. The number of esters is 1. The molecule has 0 aliphatic carbocycles. The van der Waals surface area contributed by atoms with Crippen LogP contribution in [0, 0.1) is 0 Å². The minimum Gasteiger partial charge on any atom is -0.469 e. The van der Waals surface area contributed by atoms with Crippen LogP contribution in [-0.2, 0) is 31.5 Å². The number of aromatic nitrogens is 2. The Labute approximate surface area is 199 Å². The summed E-state index contributed by atoms with van der Waals surface area (Å²) in [6.07, 6.45) is 0.166. The van der Waals surface area contributed by atoms with Crippen LogP contribution in [0.3, 0.4) is 0 Å². The zero-order valence-electron chi connectivity index (χ0n) is 17.9. The third-order valence-corrected chi connectivity index (χ3v) is 8.89. The number of methoxy groups -OCH3 is 1. The monoisotopic (exact) mass is 509 g/mol. The average Bonchev–Trinajstić information content (AvgIpc) is 3.39. The molecule has 1 aromatic carbocycles. The maximum atomic E-state index is 12.5. The maximum absolute atomic E-state index is 12.5. The van der Waals surface area contributed by atoms with Crippen molar-refractivity contribution in [2.24, 2.45) is 10.7 Å². The molecule has 2 aromatic heterocycles. The van der Waals surface area contributed by atoms with Gasteiger partial charge in [-0.15, -0.1) is 21.5 Å². The second kappa shape index (κ2) is 8.43. The molecular formula is C20H20ClN5O5S2. The highest BCUT2D eigenvalue weighted by Gasteiger charge is 2.42. The van der Waals surface area contributed by atoms with Gasteiger partial charge in [0.2, 0.25) is 21.9 Å². The van der Waals surface area contributed by atoms with Gasteiger partial charge in [0.25, 0.3) is 5.89 Å². The Morgan fingerprint density at radius 3 is 2.61 bits per heavy atom. The first-order chi connectivity index (χ1) is 15.5. The third kappa shape index (κ3) is 4.45. The van der Waals surface area contributed by atoms with Crippen LogP contribution in [0.15, 0.2) is 39.7 Å². The normalized spacial score (nSPS) is 19.9. The molecule has 10 nitrogen and oxygen atoms in total. The van der Waals surface area contributed by atoms with Crippen LogP contribution in [-0.4, -0.2) is 54.8 Å². The summed E-state index contributed by atoms with van der Waals surface area (Å²) >= 11 is 7.67. The highest BCUT2D eigenvalue weighted by Crippen LogP contribution is 2.44. The maximum Gasteiger partial charge on any atom is 0.309 e. The van der Waals surface area contributed by atoms with Gasteiger partial charge in [-0.3, -0.25) is 4.79 Å². The molecule has 4 rings (SSSR count). The fraction of sp³-hybridized carbons (Fsp3) is 0.300. The Hall–Kier alpha value is -2.96. The Balaban J connectivity index is 1.62. The SMILES string of the molecule is COC(=O)Cc1ccc(-c2nnc(-c3cc(Cl)c([C@]4(C)CS(=O)(=O)N(C)C(N)=N4)s3)o2)cc1. The van der Waals surface area contributed by atoms with Crippen LogP contribution in [0.2, 0.25) is 5.02 Å². The van der Waals surface area contributed by atoms with Gasteiger partial charge in [0.15, 0.2) is 0 Å². The first kappa shape index (κ1) is 23.2. The fourth-order valence-corrected chi connectivity index (χ4v) is 6.43. The molecule has 0 spiro atoms. The Morgan fingerprint density at radius 2 is 1.97 bits per heavy atom. The van der Waals surface area contributed by atoms with E-state index in [0.29, 0.717) is 20.3 Å². The van der Waals surface area contributed by atoms with E-state index in [1.54, 1.807) is 37.3 Å². The Kier molecular flexibility index (Phi) is 5.93. The van der Waals surface area contributed by atoms with Gasteiger partial charge in [-0.2, -0.15) is 0 Å². The van der Waals surface area contributed by atoms with Crippen LogP contribution >= 0.6 is 22.9 Å². The first-order valence-electron chi connectivity index (χ1n) is 9.64. The molecule has 2 N–H and O–H groups in total. The van der Waals surface area contributed by atoms with Gasteiger partial charge in [0.05, 0.1) is 34.1 Å². The van der Waals surface area contributed by atoms with Crippen molar-refractivity contribution >= 4 is 44.9 Å². The molecule has 33 heavy (non-hydrogen) atoms. The van der Waals surface area contributed by atoms with Crippen LogP contribution in [0.4, 0.5) is 0 Å². The summed E-state index contributed by atoms with van der Waals surface area (Å²) in [6.45, 7) is 1.67. The minimum absolute atomic E-state index is 0.106. The molecule has 0 saturated heterocycles. The van der Waals surface area contributed by atoms with E-state index in [2.05, 4.69) is 19.9 Å². The zero-order valence-corrected chi connectivity index (χ0v) is 20.3. The van der Waals surface area contributed by atoms with Gasteiger partial charge >= 0.3 is 5.97 Å². The predicted molar refractivity (Wildman–Crippen MR) is 124 cm³/mol. The van der Waals surface area contributed by atoms with Gasteiger partial charge in [-0.1, -0.05) is 23.7 Å². The van der Waals surface area contributed by atoms with E-state index in [9.17, 15) is 13.2 Å². The quantitative estimate of drug-likeness (QED) is 0.517. The van der Waals surface area contributed by atoms with E-state index in [4.69, 9.17) is 21.8 Å². The topological polar surface area (TPSA) is 141 Å². The van der Waals surface area contributed by atoms with Crippen molar-refractivity contribution in [3.63, 3.8) is 0 Å². The number of ether oxygens (including phenoxy) is 1. The fourth-order valence-electron chi connectivity index (χ4n) is 3.35. The number of hydrogen-bond acceptors (Lipinski definition) is 10. The number of nitrogens with two attached hydrogens (primary N) is 1. The predicted octanol–water partition coefficient (Wildman–Crippen LogP) is 2.64. The number of rotatable bonds is 5. The summed E-state index contributed by atoms with van der Waals surface area (Å²) in [5.41, 5.74) is 6.16. The summed E-state index contributed by atoms with van der Waals surface area (Å²) in [5, 5.41) is 8.52. The number of benzene rings is 1. The second-order valence-corrected chi connectivity index (χ2v) is 11.1. The molecule has 0 saturated carbocycles. The van der Waals surface area contributed by atoms with Gasteiger partial charge in [-0.05, 0) is 30.7 Å². The van der Waals surface area contributed by atoms with E-state index in [1.165, 1.54) is 25.5 Å². The van der Waals surface area contributed by atoms with Crippen molar-refractivity contribution in [3.8, 4) is 22.2 Å². The molecule has 1 aliphatic rings. The van der Waals surface area contributed by atoms with Crippen LogP contribution in [0.1, 0.15) is 17.4 Å². The number of sulfonamides is 1. The van der Waals surface area contributed by atoms with Gasteiger partial charge in [0, 0.05) is 12.6 Å². The van der Waals surface area contributed by atoms with Crippen molar-refractivity contribution < 1.29 is 22.4 Å². The summed E-state index contributed by atoms with van der Waals surface area (Å²) in [6, 6.07) is 8.73. The number of hydrogen-bond donors (Lipinski definition) is 1. The van der Waals surface area contributed by atoms with Crippen LogP contribution in [0.5, 0.6) is 0 Å². The third-order valence-electron chi connectivity index (χ3n) is 5.15. The van der Waals surface area contributed by atoms with Gasteiger partial charge in [-0.25, -0.2) is 17.7 Å². The van der Waals surface area contributed by atoms with Crippen LogP contribution < -0.4 is 5.73 Å². The van der Waals surface area contributed by atoms with E-state index in [0.717, 1.165) is 9.87 Å². The van der Waals surface area contributed by atoms with E-state index < -0.39 is 15.6 Å². The van der Waals surface area contributed by atoms with Crippen molar-refractivity contribution in [2.75, 3.05) is 19.9 Å². The lowest BCUT2D eigenvalue weighted by atomic mass is 10.0. The van der Waals surface area contributed by atoms with Crippen molar-refractivity contribution in [3.05, 3.63) is 45.8 Å². The molecule has 0 fully saturated rings. The number of aliphatic imine (C=N–C) groups is 1. The lowest BCUT2D eigenvalue weighted by molar-refractivity contribution is -0.139. The molecule has 0 radical (unpaired) electrons. The average molecular weight is 510 g/mol. The van der Waals surface area contributed by atoms with Crippen LogP contribution in [0.25, 0.3) is 22.2 Å². The molecule has 0 bridgehead atoms. The van der Waals surface area contributed by atoms with E-state index in [-0.39, 0.29) is 35.9 Å². The standard InChI is InChI=1S/C20H20ClN5O5S2/c1-20(10-33(28,29)26(2)19(22)23-20)16-13(21)9-14(32-16)18-25-24-17(31-18)12-6-4-11(5-7-12)8-15(27)30-3/h4-7,9H,8,10H2,1-3H3,(H2,22,23)/t20-/m0/s1. The van der Waals surface area contributed by atoms with Gasteiger partial charge in [0.1, 0.15) is 5.54 Å². The second-order valence-electron chi connectivity index (χ2n) is 7.62. The molecule has 174 valence electrons. The number of halogens is 1. The summed E-state index contributed by atoms with van der Waals surface area (Å²) in [5.74, 6) is -0.186. The van der Waals surface area contributed by atoms with E-state index in [1.807, 2.05) is 0 Å². The molecule has 3 heterocycles. The number of thiophene rings is 1. The van der Waals surface area contributed by atoms with Gasteiger partial charge < -0.3 is 14.9 Å². The molecule has 0 amide bonds. The molecular weight excluding hydrogens is 490 g/mol.